The van der Waals surface area contributed by atoms with Gasteiger partial charge < -0.3 is 159 Å². The molecule has 0 saturated heterocycles. The lowest BCUT2D eigenvalue weighted by molar-refractivity contribution is -0.139. The molecule has 125 heavy (non-hydrogen) atoms. The van der Waals surface area contributed by atoms with Gasteiger partial charge in [0.05, 0.1) is 12.7 Å². The Labute approximate surface area is 912 Å². The van der Waals surface area contributed by atoms with Crippen molar-refractivity contribution in [3.63, 3.8) is 0 Å². The number of aliphatic carboxylic acids is 1. The fourth-order valence-corrected chi connectivity index (χ4v) is 2.72. The van der Waals surface area contributed by atoms with Gasteiger partial charge in [-0.25, -0.2) is 0 Å². The number of amides is 2. The Hall–Kier alpha value is 6.67. The van der Waals surface area contributed by atoms with E-state index in [4.69, 9.17) is 159 Å². The first kappa shape index (κ1) is 205. The van der Waals surface area contributed by atoms with Crippen LogP contribution in [0.5, 0.6) is 0 Å². The molecule has 794 valence electrons. The molecular weight excluding hydrogens is 2140 g/mol. The molecule has 56 N–H and O–H groups in total. The lowest BCUT2D eigenvalue weighted by atomic mass is 10.1. The first-order valence-electron chi connectivity index (χ1n) is 38.2. The van der Waals surface area contributed by atoms with Crippen LogP contribution < -0.4 is 159 Å². The van der Waals surface area contributed by atoms with Crippen molar-refractivity contribution < 1.29 is 19.5 Å². The van der Waals surface area contributed by atoms with E-state index in [0.29, 0.717) is 188 Å². The lowest BCUT2D eigenvalue weighted by Gasteiger charge is -2.16. The Balaban J connectivity index is -0.0000000334. The minimum Gasteiger partial charge on any atom is -0.480 e. The maximum Gasteiger partial charge on any atom is 0.321 e. The van der Waals surface area contributed by atoms with Gasteiger partial charge in [0.15, 0.2) is 0 Å². The Kier molecular flexibility index (Phi) is 528. The van der Waals surface area contributed by atoms with Gasteiger partial charge in [-0.1, -0.05) is 12.8 Å². The average molecular weight is 2340 g/mol. The normalized spacial score (nSPS) is 8.44. The van der Waals surface area contributed by atoms with Crippen molar-refractivity contribution in [3.8, 4) is 0 Å². The van der Waals surface area contributed by atoms with Crippen LogP contribution in [0.4, 0.5) is 0 Å². The molecule has 2 amide bonds. The topological polar surface area (TPSA) is 806 Å². The highest BCUT2D eigenvalue weighted by Gasteiger charge is 2.17. The highest BCUT2D eigenvalue weighted by Crippen LogP contribution is 2.05. The van der Waals surface area contributed by atoms with Crippen molar-refractivity contribution in [1.29, 1.82) is 10.3 Å². The van der Waals surface area contributed by atoms with Gasteiger partial charge in [0.1, 0.15) is 6.04 Å². The van der Waals surface area contributed by atoms with Crippen LogP contribution in [0.3, 0.4) is 0 Å². The van der Waals surface area contributed by atoms with E-state index in [1.54, 1.807) is 0 Å². The summed E-state index contributed by atoms with van der Waals surface area (Å²) < 4.78 is 0. The first-order chi connectivity index (χ1) is 59.9. The molecule has 0 aliphatic rings. The SMILES string of the molecule is CSCC(NCNC(=O)C(N)CCCCCC(=O)NCCS)C(=O)O.N=P.N=P.NCCS.NCCS.NCCS.NCCS.NCCS.NCCS.NCCS.NCCS.NCCS.NCCS.NCCS.NCCS.NCCS.NCCS.NCCS.NCCS.NCCS.NCCS.NCCS.NCCS.NCCS.NCCS.NCCS.NCCS. The quantitative estimate of drug-likeness (QED) is 0.0145. The number of carbonyl (C=O) groups is 3. The van der Waals surface area contributed by atoms with Gasteiger partial charge in [-0.05, 0) is 37.2 Å². The predicted molar refractivity (Wildman–Crippen MR) is 676 cm³/mol. The van der Waals surface area contributed by atoms with Gasteiger partial charge in [0.25, 0.3) is 0 Å². The van der Waals surface area contributed by atoms with Gasteiger partial charge in [0.2, 0.25) is 11.8 Å². The Morgan fingerprint density at radius 3 is 0.552 bits per heavy atom. The van der Waals surface area contributed by atoms with Gasteiger partial charge in [-0.3, -0.25) is 30.0 Å². The molecule has 0 spiro atoms. The van der Waals surface area contributed by atoms with Crippen LogP contribution in [-0.2, 0) is 14.4 Å². The van der Waals surface area contributed by atoms with Crippen molar-refractivity contribution in [3.05, 3.63) is 0 Å². The third-order valence-corrected chi connectivity index (χ3v) is 13.6. The molecule has 0 radical (unpaired) electrons. The van der Waals surface area contributed by atoms with Crippen LogP contribution in [-0.4, -0.2) is 361 Å². The van der Waals surface area contributed by atoms with Crippen molar-refractivity contribution in [1.82, 2.24) is 16.0 Å². The fraction of sp³-hybridized carbons (Fsp3) is 0.952. The number of hydrogen-bond acceptors (Lipinski definition) is 57. The molecule has 0 aromatic heterocycles. The van der Waals surface area contributed by atoms with Crippen LogP contribution in [0.2, 0.25) is 0 Å². The highest BCUT2D eigenvalue weighted by atomic mass is 32.2. The molecule has 62 heteroatoms. The van der Waals surface area contributed by atoms with Crippen LogP contribution in [0.15, 0.2) is 0 Å². The molecule has 0 rings (SSSR count). The summed E-state index contributed by atoms with van der Waals surface area (Å²) in [5, 5.41) is 28.2. The molecule has 0 aliphatic heterocycles. The molecule has 2 unspecified atom stereocenters. The van der Waals surface area contributed by atoms with Gasteiger partial charge in [0, 0.05) is 320 Å². The molecule has 0 saturated carbocycles. The third kappa shape index (κ3) is 608. The Bertz CT molecular complexity index is 1050. The number of carboxylic acids is 1. The number of thioether (sulfide) groups is 1. The molecule has 0 aromatic carbocycles. The molecular formula is C63H202N30O4P2S26. The molecule has 0 fully saturated rings. The third-order valence-electron chi connectivity index (χ3n) is 6.53. The standard InChI is InChI=1S/C15H30N4O4S2.24C2H7NS.2H2NP/c1-25-9-12(15(22)23)18-10-19-14(21)11(16)5-3-2-4-6-13(20)17-7-8-24;24*3-1-2-4;2*1-2/h11-12,18,24H,2-10,16H2,1H3,(H,17,20)(H,19,21)(H,22,23);24*4H,1-3H2;2*1-2H. The Morgan fingerprint density at radius 2 is 0.432 bits per heavy atom. The smallest absolute Gasteiger partial charge is 0.321 e. The molecule has 2 atom stereocenters. The zero-order chi connectivity index (χ0) is 105. The van der Waals surface area contributed by atoms with Gasteiger partial charge in [-0.2, -0.15) is 327 Å². The second kappa shape index (κ2) is 321. The molecule has 0 bridgehead atoms. The molecule has 34 nitrogen and oxygen atoms in total. The van der Waals surface area contributed by atoms with Crippen LogP contribution in [0.1, 0.15) is 32.1 Å². The number of thiol groups is 25. The average Bonchev–Trinajstić information content (AvgIpc) is 0.947. The van der Waals surface area contributed by atoms with Crippen molar-refractivity contribution in [2.75, 3.05) is 326 Å². The summed E-state index contributed by atoms with van der Waals surface area (Å²) in [5.74, 6) is 18.8. The molecule has 0 aliphatic carbocycles. The summed E-state index contributed by atoms with van der Waals surface area (Å²) >= 11 is 96.5. The van der Waals surface area contributed by atoms with E-state index >= 15 is 0 Å². The van der Waals surface area contributed by atoms with Crippen LogP contribution in [0, 0.1) is 10.3 Å². The number of carboxylic acid groups (broad SMARTS) is 1. The number of nitrogens with one attached hydrogen (secondary N) is 5. The van der Waals surface area contributed by atoms with Crippen molar-refractivity contribution in [2.24, 2.45) is 143 Å². The number of nitrogens with two attached hydrogens (primary N) is 25. The zero-order valence-electron chi connectivity index (χ0n) is 75.2. The summed E-state index contributed by atoms with van der Waals surface area (Å²) in [6.07, 6.45) is 5.14. The lowest BCUT2D eigenvalue weighted by Crippen LogP contribution is -2.48. The van der Waals surface area contributed by atoms with Crippen molar-refractivity contribution >= 4 is 363 Å². The maximum atomic E-state index is 11.8. The maximum absolute atomic E-state index is 11.8. The van der Waals surface area contributed by atoms with Crippen LogP contribution >= 0.6 is 346 Å². The summed E-state index contributed by atoms with van der Waals surface area (Å²) in [4.78, 5) is 34.2. The van der Waals surface area contributed by atoms with Gasteiger partial charge in [-0.15, -0.1) is 0 Å². The van der Waals surface area contributed by atoms with E-state index in [9.17, 15) is 14.4 Å². The molecule has 0 heterocycles. The molecule has 0 aromatic rings. The second-order valence-corrected chi connectivity index (χ2v) is 29.9. The predicted octanol–water partition coefficient (Wildman–Crippen LogP) is -1.43. The van der Waals surface area contributed by atoms with E-state index in [-0.39, 0.29) is 18.5 Å². The minimum atomic E-state index is -0.952. The van der Waals surface area contributed by atoms with Crippen molar-refractivity contribution in [2.45, 2.75) is 44.2 Å². The Morgan fingerprint density at radius 1 is 0.280 bits per heavy atom. The van der Waals surface area contributed by atoms with E-state index in [0.717, 1.165) is 157 Å². The van der Waals surface area contributed by atoms with E-state index in [1.165, 1.54) is 11.8 Å². The first-order valence-corrected chi connectivity index (χ1v) is 56.4. The summed E-state index contributed by atoms with van der Waals surface area (Å²) in [7, 11) is 4.44. The number of unbranched alkanes of at least 4 members (excludes halogenated alkanes) is 2. The second-order valence-electron chi connectivity index (χ2n) is 17.8. The fourth-order valence-electron chi connectivity index (χ4n) is 2.02. The van der Waals surface area contributed by atoms with E-state index in [2.05, 4.69) is 350 Å². The minimum absolute atomic E-state index is 0.0143. The summed E-state index contributed by atoms with van der Waals surface area (Å²) in [6, 6.07) is -1.34. The van der Waals surface area contributed by atoms with E-state index < -0.39 is 18.1 Å². The largest absolute Gasteiger partial charge is 0.480 e. The highest BCUT2D eigenvalue weighted by molar-refractivity contribution is 7.98. The summed E-state index contributed by atoms with van der Waals surface area (Å²) in [6.45, 7) is 17.0. The van der Waals surface area contributed by atoms with Gasteiger partial charge >= 0.3 is 5.97 Å². The number of hydrogen-bond donors (Lipinski definition) is 56. The monoisotopic (exact) mass is 2340 g/mol. The van der Waals surface area contributed by atoms with Crippen LogP contribution in [0.25, 0.3) is 0 Å². The number of rotatable bonds is 39. The zero-order valence-corrected chi connectivity index (χ0v) is 100. The summed E-state index contributed by atoms with van der Waals surface area (Å²) in [5.41, 5.74) is 125. The number of carbonyl (C=O) groups excluding carboxylic acids is 2. The van der Waals surface area contributed by atoms with E-state index in [1.807, 2.05) is 6.26 Å².